The van der Waals surface area contributed by atoms with Crippen LogP contribution in [-0.4, -0.2) is 160 Å². The van der Waals surface area contributed by atoms with Crippen LogP contribution in [0.25, 0.3) is 0 Å². The summed E-state index contributed by atoms with van der Waals surface area (Å²) in [6.07, 6.45) is 1.98. The van der Waals surface area contributed by atoms with E-state index in [0.717, 1.165) is 19.3 Å². The van der Waals surface area contributed by atoms with Gasteiger partial charge >= 0.3 is 0 Å². The second-order valence-corrected chi connectivity index (χ2v) is 9.14. The quantitative estimate of drug-likeness (QED) is 0.125. The minimum Gasteiger partial charge on any atom is -0.382 e. The van der Waals surface area contributed by atoms with Gasteiger partial charge in [0.2, 0.25) is 0 Å². The van der Waals surface area contributed by atoms with Crippen LogP contribution in [0.1, 0.15) is 19.3 Å². The van der Waals surface area contributed by atoms with Crippen LogP contribution in [-0.2, 0) is 56.8 Å². The molecule has 39 heavy (non-hydrogen) atoms. The molecule has 0 aliphatic carbocycles. The summed E-state index contributed by atoms with van der Waals surface area (Å²) in [6.45, 7) is 4.39. The van der Waals surface area contributed by atoms with E-state index in [2.05, 4.69) is 0 Å². The highest BCUT2D eigenvalue weighted by molar-refractivity contribution is 4.65. The fourth-order valence-electron chi connectivity index (χ4n) is 3.54. The normalized spacial score (nSPS) is 16.6. The second kappa shape index (κ2) is 27.7. The van der Waals surface area contributed by atoms with Crippen molar-refractivity contribution in [3.8, 4) is 0 Å². The maximum Gasteiger partial charge on any atom is 0.104 e. The molecular weight excluding hydrogens is 516 g/mol. The Morgan fingerprint density at radius 1 is 0.308 bits per heavy atom. The first-order valence-electron chi connectivity index (χ1n) is 13.5. The van der Waals surface area contributed by atoms with Gasteiger partial charge in [0.05, 0.1) is 78.3 Å². The highest BCUT2D eigenvalue weighted by Gasteiger charge is 2.16. The van der Waals surface area contributed by atoms with Gasteiger partial charge in [0, 0.05) is 56.9 Å². The van der Waals surface area contributed by atoms with E-state index >= 15 is 0 Å². The van der Waals surface area contributed by atoms with Gasteiger partial charge in [-0.15, -0.1) is 0 Å². The van der Waals surface area contributed by atoms with Crippen molar-refractivity contribution in [2.24, 2.45) is 0 Å². The van der Waals surface area contributed by atoms with E-state index in [9.17, 15) is 0 Å². The molecule has 0 aromatic carbocycles. The molecule has 0 aliphatic rings. The van der Waals surface area contributed by atoms with Crippen LogP contribution in [0.3, 0.4) is 0 Å². The van der Waals surface area contributed by atoms with Crippen molar-refractivity contribution in [2.45, 2.75) is 55.9 Å². The van der Waals surface area contributed by atoms with Crippen LogP contribution in [0, 0.1) is 0 Å². The van der Waals surface area contributed by atoms with Crippen molar-refractivity contribution in [3.63, 3.8) is 0 Å². The van der Waals surface area contributed by atoms with Gasteiger partial charge in [0.15, 0.2) is 0 Å². The summed E-state index contributed by atoms with van der Waals surface area (Å²) < 4.78 is 65.9. The zero-order chi connectivity index (χ0) is 29.1. The molecule has 236 valence electrons. The Balaban J connectivity index is 4.14. The molecule has 0 N–H and O–H groups in total. The van der Waals surface area contributed by atoms with Crippen LogP contribution < -0.4 is 0 Å². The molecule has 0 amide bonds. The summed E-state index contributed by atoms with van der Waals surface area (Å²) >= 11 is 0. The molecule has 0 aromatic rings. The lowest BCUT2D eigenvalue weighted by atomic mass is 10.1. The van der Waals surface area contributed by atoms with Crippen molar-refractivity contribution in [1.82, 2.24) is 0 Å². The topological polar surface area (TPSA) is 111 Å². The van der Waals surface area contributed by atoms with E-state index in [1.54, 1.807) is 56.9 Å². The first kappa shape index (κ1) is 38.5. The van der Waals surface area contributed by atoms with Crippen molar-refractivity contribution in [2.75, 3.05) is 123 Å². The number of methoxy groups -OCH3 is 8. The number of rotatable bonds is 30. The Morgan fingerprint density at radius 2 is 0.538 bits per heavy atom. The van der Waals surface area contributed by atoms with Crippen molar-refractivity contribution >= 4 is 0 Å². The average molecular weight is 573 g/mol. The lowest BCUT2D eigenvalue weighted by Gasteiger charge is -2.22. The molecule has 0 heterocycles. The largest absolute Gasteiger partial charge is 0.382 e. The molecule has 0 radical (unpaired) electrons. The number of hydrogen-bond acceptors (Lipinski definition) is 12. The average Bonchev–Trinajstić information content (AvgIpc) is 2.96. The van der Waals surface area contributed by atoms with Crippen molar-refractivity contribution in [3.05, 3.63) is 0 Å². The molecule has 0 rings (SSSR count). The molecule has 6 atom stereocenters. The first-order valence-corrected chi connectivity index (χ1v) is 13.5. The van der Waals surface area contributed by atoms with Gasteiger partial charge in [0.25, 0.3) is 0 Å². The van der Waals surface area contributed by atoms with Crippen molar-refractivity contribution < 1.29 is 56.8 Å². The molecule has 0 saturated carbocycles. The first-order chi connectivity index (χ1) is 19.0. The molecule has 12 nitrogen and oxygen atoms in total. The summed E-state index contributed by atoms with van der Waals surface area (Å²) in [5.74, 6) is 0. The van der Waals surface area contributed by atoms with Crippen LogP contribution in [0.2, 0.25) is 0 Å². The Hall–Kier alpha value is -0.480. The standard InChI is InChI=1S/C27H56O12/c1-28-12-24(32-5)16-38-20-26(34-7)18-36-14-22(30-3)10-9-11-23(31-4)15-37-19-27(35-8)21-39-17-25(33-6)13-29-2/h22-27H,9-21H2,1-8H3. The van der Waals surface area contributed by atoms with E-state index in [0.29, 0.717) is 66.1 Å². The fourth-order valence-corrected chi connectivity index (χ4v) is 3.54. The molecule has 0 spiro atoms. The van der Waals surface area contributed by atoms with E-state index in [-0.39, 0.29) is 36.6 Å². The molecule has 12 heteroatoms. The van der Waals surface area contributed by atoms with Crippen LogP contribution in [0.4, 0.5) is 0 Å². The molecule has 6 unspecified atom stereocenters. The van der Waals surface area contributed by atoms with Gasteiger partial charge in [-0.05, 0) is 19.3 Å². The smallest absolute Gasteiger partial charge is 0.104 e. The molecule has 0 bridgehead atoms. The van der Waals surface area contributed by atoms with E-state index in [1.165, 1.54) is 0 Å². The lowest BCUT2D eigenvalue weighted by molar-refractivity contribution is -0.0854. The summed E-state index contributed by atoms with van der Waals surface area (Å²) in [4.78, 5) is 0. The monoisotopic (exact) mass is 572 g/mol. The highest BCUT2D eigenvalue weighted by Crippen LogP contribution is 2.11. The van der Waals surface area contributed by atoms with Crippen LogP contribution in [0.15, 0.2) is 0 Å². The van der Waals surface area contributed by atoms with Gasteiger partial charge in [-0.3, -0.25) is 0 Å². The molecule has 0 aromatic heterocycles. The lowest BCUT2D eigenvalue weighted by Crippen LogP contribution is -2.31. The predicted octanol–water partition coefficient (Wildman–Crippen LogP) is 1.61. The Morgan fingerprint density at radius 3 is 0.769 bits per heavy atom. The highest BCUT2D eigenvalue weighted by atomic mass is 16.6. The van der Waals surface area contributed by atoms with E-state index in [4.69, 9.17) is 56.8 Å². The molecule has 0 saturated heterocycles. The summed E-state index contributed by atoms with van der Waals surface area (Å²) in [7, 11) is 13.2. The number of hydrogen-bond donors (Lipinski definition) is 0. The minimum atomic E-state index is -0.175. The van der Waals surface area contributed by atoms with Gasteiger partial charge < -0.3 is 56.8 Å². The minimum absolute atomic E-state index is 0.0227. The third kappa shape index (κ3) is 21.0. The van der Waals surface area contributed by atoms with Crippen LogP contribution in [0.5, 0.6) is 0 Å². The third-order valence-corrected chi connectivity index (χ3v) is 6.19. The van der Waals surface area contributed by atoms with E-state index in [1.807, 2.05) is 0 Å². The van der Waals surface area contributed by atoms with Gasteiger partial charge in [-0.2, -0.15) is 0 Å². The van der Waals surface area contributed by atoms with Gasteiger partial charge in [-0.1, -0.05) is 0 Å². The fraction of sp³-hybridized carbons (Fsp3) is 1.00. The number of ether oxygens (including phenoxy) is 12. The Kier molecular flexibility index (Phi) is 27.3. The Labute approximate surface area is 236 Å². The molecular formula is C27H56O12. The van der Waals surface area contributed by atoms with Gasteiger partial charge in [-0.25, -0.2) is 0 Å². The summed E-state index contributed by atoms with van der Waals surface area (Å²) in [6, 6.07) is 0. The zero-order valence-electron chi connectivity index (χ0n) is 25.6. The SMILES string of the molecule is COCC(COCC(COCC(CCCC(COCC(COCC(COC)OC)OC)OC)OC)OC)OC. The molecule has 0 fully saturated rings. The predicted molar refractivity (Wildman–Crippen MR) is 146 cm³/mol. The molecule has 0 aliphatic heterocycles. The maximum atomic E-state index is 5.84. The summed E-state index contributed by atoms with van der Waals surface area (Å²) in [5.41, 5.74) is 0. The van der Waals surface area contributed by atoms with Gasteiger partial charge in [0.1, 0.15) is 24.4 Å². The van der Waals surface area contributed by atoms with Crippen LogP contribution >= 0.6 is 0 Å². The van der Waals surface area contributed by atoms with Crippen molar-refractivity contribution in [1.29, 1.82) is 0 Å². The maximum absolute atomic E-state index is 5.84. The Bertz CT molecular complexity index is 459. The summed E-state index contributed by atoms with van der Waals surface area (Å²) in [5, 5.41) is 0. The third-order valence-electron chi connectivity index (χ3n) is 6.19. The zero-order valence-corrected chi connectivity index (χ0v) is 25.6. The second-order valence-electron chi connectivity index (χ2n) is 9.14. The van der Waals surface area contributed by atoms with E-state index < -0.39 is 0 Å².